The van der Waals surface area contributed by atoms with Crippen LogP contribution < -0.4 is 14.8 Å². The fourth-order valence-electron chi connectivity index (χ4n) is 1.64. The third kappa shape index (κ3) is 3.73. The van der Waals surface area contributed by atoms with Crippen molar-refractivity contribution < 1.29 is 24.2 Å². The van der Waals surface area contributed by atoms with E-state index in [1.54, 1.807) is 35.7 Å². The number of thiophene rings is 1. The van der Waals surface area contributed by atoms with Gasteiger partial charge in [-0.05, 0) is 23.6 Å². The van der Waals surface area contributed by atoms with E-state index in [1.165, 1.54) is 18.4 Å². The highest BCUT2D eigenvalue weighted by atomic mass is 32.1. The van der Waals surface area contributed by atoms with E-state index in [-0.39, 0.29) is 5.91 Å². The van der Waals surface area contributed by atoms with Gasteiger partial charge < -0.3 is 19.9 Å². The quantitative estimate of drug-likeness (QED) is 0.856. The van der Waals surface area contributed by atoms with E-state index in [4.69, 9.17) is 14.6 Å². The van der Waals surface area contributed by atoms with Crippen LogP contribution in [-0.2, 0) is 4.79 Å². The Labute approximate surface area is 124 Å². The van der Waals surface area contributed by atoms with Gasteiger partial charge in [-0.3, -0.25) is 4.79 Å². The SMILES string of the molecule is COc1ccsc1C(=O)Nc1ccccc1OCC(=O)O. The average molecular weight is 307 g/mol. The Bertz CT molecular complexity index is 652. The predicted octanol–water partition coefficient (Wildman–Crippen LogP) is 2.47. The van der Waals surface area contributed by atoms with E-state index in [0.29, 0.717) is 22.1 Å². The van der Waals surface area contributed by atoms with Crippen LogP contribution in [0.5, 0.6) is 11.5 Å². The van der Waals surface area contributed by atoms with Crippen LogP contribution >= 0.6 is 11.3 Å². The number of anilines is 1. The minimum absolute atomic E-state index is 0.295. The molecule has 7 heteroatoms. The first-order valence-electron chi connectivity index (χ1n) is 5.98. The first-order valence-corrected chi connectivity index (χ1v) is 6.86. The number of benzene rings is 1. The average Bonchev–Trinajstić information content (AvgIpc) is 2.94. The Balaban J connectivity index is 2.15. The smallest absolute Gasteiger partial charge is 0.341 e. The number of para-hydroxylation sites is 2. The van der Waals surface area contributed by atoms with Crippen LogP contribution in [0.1, 0.15) is 9.67 Å². The minimum atomic E-state index is -1.09. The van der Waals surface area contributed by atoms with Gasteiger partial charge in [-0.15, -0.1) is 11.3 Å². The topological polar surface area (TPSA) is 84.9 Å². The standard InChI is InChI=1S/C14H13NO5S/c1-19-11-6-7-21-13(11)14(18)15-9-4-2-3-5-10(9)20-8-12(16)17/h2-7H,8H2,1H3,(H,15,18)(H,16,17). The zero-order valence-electron chi connectivity index (χ0n) is 11.2. The molecule has 6 nitrogen and oxygen atoms in total. The van der Waals surface area contributed by atoms with E-state index in [0.717, 1.165) is 0 Å². The molecule has 2 aromatic rings. The summed E-state index contributed by atoms with van der Waals surface area (Å²) in [5.74, 6) is -0.644. The van der Waals surface area contributed by atoms with Gasteiger partial charge in [0, 0.05) is 0 Å². The first kappa shape index (κ1) is 14.9. The van der Waals surface area contributed by atoms with Crippen molar-refractivity contribution in [2.24, 2.45) is 0 Å². The van der Waals surface area contributed by atoms with Gasteiger partial charge in [0.1, 0.15) is 16.4 Å². The molecular weight excluding hydrogens is 294 g/mol. The fraction of sp³-hybridized carbons (Fsp3) is 0.143. The van der Waals surface area contributed by atoms with Crippen molar-refractivity contribution in [1.82, 2.24) is 0 Å². The van der Waals surface area contributed by atoms with Crippen molar-refractivity contribution >= 4 is 28.9 Å². The van der Waals surface area contributed by atoms with Gasteiger partial charge in [-0.1, -0.05) is 12.1 Å². The molecule has 0 saturated carbocycles. The number of carboxylic acid groups (broad SMARTS) is 1. The van der Waals surface area contributed by atoms with Gasteiger partial charge in [-0.25, -0.2) is 4.79 Å². The summed E-state index contributed by atoms with van der Waals surface area (Å²) in [5, 5.41) is 13.1. The molecule has 0 atom stereocenters. The molecule has 0 spiro atoms. The summed E-state index contributed by atoms with van der Waals surface area (Å²) in [4.78, 5) is 23.2. The normalized spacial score (nSPS) is 9.95. The van der Waals surface area contributed by atoms with Crippen LogP contribution in [0.15, 0.2) is 35.7 Å². The Morgan fingerprint density at radius 3 is 2.71 bits per heavy atom. The van der Waals surface area contributed by atoms with E-state index in [2.05, 4.69) is 5.32 Å². The highest BCUT2D eigenvalue weighted by Crippen LogP contribution is 2.28. The molecule has 2 N–H and O–H groups in total. The zero-order valence-corrected chi connectivity index (χ0v) is 12.0. The van der Waals surface area contributed by atoms with E-state index in [9.17, 15) is 9.59 Å². The van der Waals surface area contributed by atoms with Crippen molar-refractivity contribution in [1.29, 1.82) is 0 Å². The van der Waals surface area contributed by atoms with Crippen LogP contribution in [0.4, 0.5) is 5.69 Å². The molecule has 2 rings (SSSR count). The Hall–Kier alpha value is -2.54. The van der Waals surface area contributed by atoms with Crippen molar-refractivity contribution in [3.63, 3.8) is 0 Å². The molecule has 1 amide bonds. The maximum absolute atomic E-state index is 12.2. The summed E-state index contributed by atoms with van der Waals surface area (Å²) in [6.45, 7) is -0.477. The molecule has 0 bridgehead atoms. The summed E-state index contributed by atoms with van der Waals surface area (Å²) >= 11 is 1.25. The van der Waals surface area contributed by atoms with Crippen molar-refractivity contribution in [2.45, 2.75) is 0 Å². The van der Waals surface area contributed by atoms with Crippen LogP contribution in [-0.4, -0.2) is 30.7 Å². The molecule has 0 radical (unpaired) electrons. The summed E-state index contributed by atoms with van der Waals surface area (Å²) in [6.07, 6.45) is 0. The molecule has 0 aliphatic rings. The monoisotopic (exact) mass is 307 g/mol. The lowest BCUT2D eigenvalue weighted by molar-refractivity contribution is -0.139. The van der Waals surface area contributed by atoms with E-state index < -0.39 is 12.6 Å². The largest absolute Gasteiger partial charge is 0.495 e. The number of carboxylic acids is 1. The molecular formula is C14H13NO5S. The predicted molar refractivity (Wildman–Crippen MR) is 78.4 cm³/mol. The van der Waals surface area contributed by atoms with Crippen LogP contribution in [0.25, 0.3) is 0 Å². The molecule has 21 heavy (non-hydrogen) atoms. The molecule has 0 saturated heterocycles. The number of nitrogens with one attached hydrogen (secondary N) is 1. The molecule has 1 aromatic carbocycles. The van der Waals surface area contributed by atoms with E-state index >= 15 is 0 Å². The summed E-state index contributed by atoms with van der Waals surface area (Å²) in [5.41, 5.74) is 0.402. The second-order valence-corrected chi connectivity index (χ2v) is 4.87. The van der Waals surface area contributed by atoms with Crippen LogP contribution in [0.2, 0.25) is 0 Å². The molecule has 110 valence electrons. The molecule has 0 aliphatic carbocycles. The van der Waals surface area contributed by atoms with Gasteiger partial charge >= 0.3 is 5.97 Å². The molecule has 0 unspecified atom stereocenters. The highest BCUT2D eigenvalue weighted by Gasteiger charge is 2.16. The minimum Gasteiger partial charge on any atom is -0.495 e. The molecule has 1 heterocycles. The van der Waals surface area contributed by atoms with Crippen LogP contribution in [0, 0.1) is 0 Å². The molecule has 1 aromatic heterocycles. The second kappa shape index (κ2) is 6.76. The number of aliphatic carboxylic acids is 1. The van der Waals surface area contributed by atoms with E-state index in [1.807, 2.05) is 0 Å². The van der Waals surface area contributed by atoms with Crippen molar-refractivity contribution in [3.05, 3.63) is 40.6 Å². The number of amides is 1. The molecule has 0 aliphatic heterocycles. The lowest BCUT2D eigenvalue weighted by Gasteiger charge is -2.11. The second-order valence-electron chi connectivity index (χ2n) is 3.95. The highest BCUT2D eigenvalue weighted by molar-refractivity contribution is 7.12. The number of methoxy groups -OCH3 is 1. The number of carbonyl (C=O) groups excluding carboxylic acids is 1. The van der Waals surface area contributed by atoms with Crippen LogP contribution in [0.3, 0.4) is 0 Å². The lowest BCUT2D eigenvalue weighted by atomic mass is 10.3. The first-order chi connectivity index (χ1) is 10.1. The zero-order chi connectivity index (χ0) is 15.2. The third-order valence-corrected chi connectivity index (χ3v) is 3.44. The Kier molecular flexibility index (Phi) is 4.78. The lowest BCUT2D eigenvalue weighted by Crippen LogP contribution is -2.14. The fourth-order valence-corrected chi connectivity index (χ4v) is 2.39. The number of carbonyl (C=O) groups is 2. The maximum atomic E-state index is 12.2. The summed E-state index contributed by atoms with van der Waals surface area (Å²) in [7, 11) is 1.49. The summed E-state index contributed by atoms with van der Waals surface area (Å²) in [6, 6.07) is 8.33. The van der Waals surface area contributed by atoms with Gasteiger partial charge in [0.15, 0.2) is 6.61 Å². The molecule has 0 fully saturated rings. The van der Waals surface area contributed by atoms with Gasteiger partial charge in [0.2, 0.25) is 0 Å². The number of hydrogen-bond donors (Lipinski definition) is 2. The Morgan fingerprint density at radius 1 is 1.24 bits per heavy atom. The van der Waals surface area contributed by atoms with Crippen molar-refractivity contribution in [2.75, 3.05) is 19.0 Å². The van der Waals surface area contributed by atoms with Gasteiger partial charge in [0.25, 0.3) is 5.91 Å². The third-order valence-electron chi connectivity index (χ3n) is 2.54. The van der Waals surface area contributed by atoms with Gasteiger partial charge in [-0.2, -0.15) is 0 Å². The number of ether oxygens (including phenoxy) is 2. The Morgan fingerprint density at radius 2 is 2.00 bits per heavy atom. The van der Waals surface area contributed by atoms with Gasteiger partial charge in [0.05, 0.1) is 12.8 Å². The van der Waals surface area contributed by atoms with Crippen molar-refractivity contribution in [3.8, 4) is 11.5 Å². The maximum Gasteiger partial charge on any atom is 0.341 e. The number of rotatable bonds is 6. The number of hydrogen-bond acceptors (Lipinski definition) is 5. The summed E-state index contributed by atoms with van der Waals surface area (Å²) < 4.78 is 10.2.